The zero-order valence-corrected chi connectivity index (χ0v) is 17.1. The van der Waals surface area contributed by atoms with Crippen LogP contribution >= 0.6 is 15.9 Å². The van der Waals surface area contributed by atoms with Crippen LogP contribution in [-0.2, 0) is 24.2 Å². The molecule has 142 valence electrons. The summed E-state index contributed by atoms with van der Waals surface area (Å²) < 4.78 is 1.01. The topological polar surface area (TPSA) is 70.7 Å². The van der Waals surface area contributed by atoms with E-state index < -0.39 is 0 Å². The van der Waals surface area contributed by atoms with Crippen molar-refractivity contribution >= 4 is 33.5 Å². The molecule has 3 N–H and O–H groups in total. The Kier molecular flexibility index (Phi) is 6.50. The van der Waals surface area contributed by atoms with Gasteiger partial charge in [0.25, 0.3) is 0 Å². The third-order valence-electron chi connectivity index (χ3n) is 4.77. The average Bonchev–Trinajstić information content (AvgIpc) is 3.11. The molecule has 2 aromatic carbocycles. The Morgan fingerprint density at radius 3 is 2.81 bits per heavy atom. The van der Waals surface area contributed by atoms with Crippen LogP contribution in [0, 0.1) is 0 Å². The van der Waals surface area contributed by atoms with Crippen molar-refractivity contribution in [3.63, 3.8) is 0 Å². The highest BCUT2D eigenvalue weighted by Crippen LogP contribution is 2.24. The standard InChI is InChI=1S/C21H25BrN4O/c1-26(14-17-5-2-3-8-19(17)22)20(27)11-12-24-21(23)25-18-10-9-15-6-4-7-16(15)13-18/h2-3,5,8-10,13H,4,6-7,11-12,14H2,1H3,(H3,23,24,25). The summed E-state index contributed by atoms with van der Waals surface area (Å²) in [5.74, 6) is 0.383. The second-order valence-electron chi connectivity index (χ2n) is 6.82. The first kappa shape index (κ1) is 19.4. The van der Waals surface area contributed by atoms with Crippen LogP contribution in [-0.4, -0.2) is 30.4 Å². The van der Waals surface area contributed by atoms with Crippen LogP contribution in [0.3, 0.4) is 0 Å². The van der Waals surface area contributed by atoms with Crippen molar-refractivity contribution in [2.75, 3.05) is 18.9 Å². The van der Waals surface area contributed by atoms with Crippen molar-refractivity contribution in [3.8, 4) is 0 Å². The fourth-order valence-electron chi connectivity index (χ4n) is 3.27. The molecule has 0 fully saturated rings. The lowest BCUT2D eigenvalue weighted by Gasteiger charge is -2.17. The molecule has 0 radical (unpaired) electrons. The molecule has 0 aliphatic heterocycles. The lowest BCUT2D eigenvalue weighted by molar-refractivity contribution is -0.130. The summed E-state index contributed by atoms with van der Waals surface area (Å²) in [6, 6.07) is 14.2. The van der Waals surface area contributed by atoms with Crippen molar-refractivity contribution in [2.45, 2.75) is 32.2 Å². The van der Waals surface area contributed by atoms with Gasteiger partial charge in [-0.25, -0.2) is 0 Å². The van der Waals surface area contributed by atoms with Gasteiger partial charge in [-0.2, -0.15) is 0 Å². The zero-order chi connectivity index (χ0) is 19.2. The van der Waals surface area contributed by atoms with E-state index in [0.29, 0.717) is 25.5 Å². The lowest BCUT2D eigenvalue weighted by atomic mass is 10.1. The number of nitrogens with one attached hydrogen (secondary N) is 1. The first-order valence-electron chi connectivity index (χ1n) is 9.19. The minimum absolute atomic E-state index is 0.0415. The van der Waals surface area contributed by atoms with Gasteiger partial charge in [-0.3, -0.25) is 9.79 Å². The Morgan fingerprint density at radius 2 is 2.00 bits per heavy atom. The number of hydrogen-bond acceptors (Lipinski definition) is 2. The molecule has 0 atom stereocenters. The molecule has 3 rings (SSSR count). The Labute approximate surface area is 168 Å². The maximum Gasteiger partial charge on any atom is 0.224 e. The van der Waals surface area contributed by atoms with Crippen LogP contribution in [0.25, 0.3) is 0 Å². The number of guanidine groups is 1. The number of nitrogens with zero attached hydrogens (tertiary/aromatic N) is 2. The highest BCUT2D eigenvalue weighted by molar-refractivity contribution is 9.10. The van der Waals surface area contributed by atoms with E-state index in [9.17, 15) is 4.79 Å². The number of rotatable bonds is 6. The summed E-state index contributed by atoms with van der Waals surface area (Å²) in [6.07, 6.45) is 3.83. The minimum atomic E-state index is 0.0415. The molecule has 5 nitrogen and oxygen atoms in total. The molecule has 0 saturated carbocycles. The molecule has 6 heteroatoms. The molecular formula is C21H25BrN4O. The van der Waals surface area contributed by atoms with Crippen LogP contribution in [0.15, 0.2) is 51.9 Å². The second-order valence-corrected chi connectivity index (χ2v) is 7.67. The Bertz CT molecular complexity index is 850. The van der Waals surface area contributed by atoms with Crippen LogP contribution in [0.2, 0.25) is 0 Å². The normalized spacial score (nSPS) is 13.3. The fourth-order valence-corrected chi connectivity index (χ4v) is 3.68. The maximum absolute atomic E-state index is 12.3. The number of carbonyl (C=O) groups excluding carboxylic acids is 1. The van der Waals surface area contributed by atoms with Gasteiger partial charge in [-0.05, 0) is 54.2 Å². The van der Waals surface area contributed by atoms with Gasteiger partial charge in [-0.15, -0.1) is 0 Å². The predicted octanol–water partition coefficient (Wildman–Crippen LogP) is 3.71. The van der Waals surface area contributed by atoms with Crippen LogP contribution in [0.5, 0.6) is 0 Å². The maximum atomic E-state index is 12.3. The van der Waals surface area contributed by atoms with Crippen molar-refractivity contribution in [2.24, 2.45) is 10.7 Å². The lowest BCUT2D eigenvalue weighted by Crippen LogP contribution is -2.28. The van der Waals surface area contributed by atoms with E-state index in [2.05, 4.69) is 38.4 Å². The van der Waals surface area contributed by atoms with Crippen LogP contribution < -0.4 is 11.1 Å². The highest BCUT2D eigenvalue weighted by Gasteiger charge is 2.12. The number of carbonyl (C=O) groups is 1. The summed E-state index contributed by atoms with van der Waals surface area (Å²) in [7, 11) is 1.80. The number of aryl methyl sites for hydroxylation is 2. The van der Waals surface area contributed by atoms with Crippen molar-refractivity contribution in [1.82, 2.24) is 4.90 Å². The molecule has 1 aliphatic rings. The second kappa shape index (κ2) is 9.04. The van der Waals surface area contributed by atoms with E-state index in [4.69, 9.17) is 5.73 Å². The molecule has 0 bridgehead atoms. The third-order valence-corrected chi connectivity index (χ3v) is 5.54. The van der Waals surface area contributed by atoms with E-state index in [-0.39, 0.29) is 5.91 Å². The van der Waals surface area contributed by atoms with Crippen molar-refractivity contribution in [1.29, 1.82) is 0 Å². The van der Waals surface area contributed by atoms with E-state index in [1.54, 1.807) is 11.9 Å². The molecule has 0 unspecified atom stereocenters. The van der Waals surface area contributed by atoms with Gasteiger partial charge >= 0.3 is 0 Å². The molecule has 2 aromatic rings. The molecule has 1 aliphatic carbocycles. The minimum Gasteiger partial charge on any atom is -0.370 e. The third kappa shape index (κ3) is 5.32. The monoisotopic (exact) mass is 428 g/mol. The van der Waals surface area contributed by atoms with Crippen molar-refractivity contribution < 1.29 is 4.79 Å². The largest absolute Gasteiger partial charge is 0.370 e. The van der Waals surface area contributed by atoms with Crippen molar-refractivity contribution in [3.05, 3.63) is 63.6 Å². The predicted molar refractivity (Wildman–Crippen MR) is 114 cm³/mol. The van der Waals surface area contributed by atoms with E-state index >= 15 is 0 Å². The summed E-state index contributed by atoms with van der Waals surface area (Å²) in [4.78, 5) is 18.3. The number of benzene rings is 2. The van der Waals surface area contributed by atoms with Gasteiger partial charge in [0.1, 0.15) is 0 Å². The van der Waals surface area contributed by atoms with E-state index in [1.807, 2.05) is 30.3 Å². The van der Waals surface area contributed by atoms with Crippen LogP contribution in [0.1, 0.15) is 29.5 Å². The molecular weight excluding hydrogens is 404 g/mol. The molecule has 0 heterocycles. The first-order valence-corrected chi connectivity index (χ1v) is 9.98. The van der Waals surface area contributed by atoms with E-state index in [0.717, 1.165) is 28.6 Å². The number of aliphatic imine (C=N–C) groups is 1. The number of amides is 1. The SMILES string of the molecule is CN(Cc1ccccc1Br)C(=O)CCN=C(N)Nc1ccc2c(c1)CCC2. The summed E-state index contributed by atoms with van der Waals surface area (Å²) in [5.41, 5.74) is 10.8. The summed E-state index contributed by atoms with van der Waals surface area (Å²) in [5, 5.41) is 3.12. The smallest absolute Gasteiger partial charge is 0.224 e. The molecule has 0 saturated heterocycles. The van der Waals surface area contributed by atoms with Gasteiger partial charge in [0.2, 0.25) is 5.91 Å². The average molecular weight is 429 g/mol. The van der Waals surface area contributed by atoms with Gasteiger partial charge < -0.3 is 16.0 Å². The quantitative estimate of drug-likeness (QED) is 0.543. The zero-order valence-electron chi connectivity index (χ0n) is 15.5. The van der Waals surface area contributed by atoms with E-state index in [1.165, 1.54) is 17.5 Å². The Balaban J connectivity index is 1.47. The van der Waals surface area contributed by atoms with Gasteiger partial charge in [0, 0.05) is 30.2 Å². The fraction of sp³-hybridized carbons (Fsp3) is 0.333. The van der Waals surface area contributed by atoms with Crippen LogP contribution in [0.4, 0.5) is 5.69 Å². The molecule has 1 amide bonds. The van der Waals surface area contributed by atoms with Gasteiger partial charge in [0.15, 0.2) is 5.96 Å². The number of halogens is 1. The highest BCUT2D eigenvalue weighted by atomic mass is 79.9. The summed E-state index contributed by atoms with van der Waals surface area (Å²) in [6.45, 7) is 0.926. The molecule has 0 spiro atoms. The number of nitrogens with two attached hydrogens (primary N) is 1. The van der Waals surface area contributed by atoms with Gasteiger partial charge in [-0.1, -0.05) is 40.2 Å². The molecule has 0 aromatic heterocycles. The van der Waals surface area contributed by atoms with Gasteiger partial charge in [0.05, 0.1) is 6.54 Å². The first-order chi connectivity index (χ1) is 13.0. The Hall–Kier alpha value is -2.34. The Morgan fingerprint density at radius 1 is 1.22 bits per heavy atom. The summed E-state index contributed by atoms with van der Waals surface area (Å²) >= 11 is 3.51. The number of fused-ring (bicyclic) bond motifs is 1. The number of hydrogen-bond donors (Lipinski definition) is 2. The number of anilines is 1. The molecule has 27 heavy (non-hydrogen) atoms.